The Morgan fingerprint density at radius 2 is 1.83 bits per heavy atom. The SMILES string of the molecule is CC(C)(C)OC(=O)N1CCCCC1C(=O)NCc1ccc(N2CCCCC2)nc1. The number of carbonyl (C=O) groups excluding carboxylic acids is 2. The average molecular weight is 403 g/mol. The van der Waals surface area contributed by atoms with Gasteiger partial charge in [0.15, 0.2) is 0 Å². The zero-order chi connectivity index (χ0) is 20.9. The number of piperidine rings is 2. The van der Waals surface area contributed by atoms with E-state index >= 15 is 0 Å². The first kappa shape index (κ1) is 21.4. The van der Waals surface area contributed by atoms with E-state index in [9.17, 15) is 9.59 Å². The Labute approximate surface area is 173 Å². The van der Waals surface area contributed by atoms with Crippen molar-refractivity contribution in [2.24, 2.45) is 0 Å². The Bertz CT molecular complexity index is 693. The van der Waals surface area contributed by atoms with Gasteiger partial charge in [0, 0.05) is 32.4 Å². The molecule has 1 unspecified atom stereocenters. The van der Waals surface area contributed by atoms with E-state index in [1.807, 2.05) is 39.1 Å². The Hall–Kier alpha value is -2.31. The first-order valence-corrected chi connectivity index (χ1v) is 10.8. The van der Waals surface area contributed by atoms with Crippen molar-refractivity contribution in [1.29, 1.82) is 0 Å². The molecule has 2 saturated heterocycles. The van der Waals surface area contributed by atoms with E-state index in [1.54, 1.807) is 4.90 Å². The normalized spacial score (nSPS) is 20.3. The zero-order valence-electron chi connectivity index (χ0n) is 17.9. The molecule has 1 atom stereocenters. The van der Waals surface area contributed by atoms with Crippen molar-refractivity contribution < 1.29 is 14.3 Å². The molecule has 0 bridgehead atoms. The van der Waals surface area contributed by atoms with Gasteiger partial charge in [0.1, 0.15) is 17.5 Å². The summed E-state index contributed by atoms with van der Waals surface area (Å²) < 4.78 is 5.48. The van der Waals surface area contributed by atoms with Crippen LogP contribution in [0.15, 0.2) is 18.3 Å². The maximum absolute atomic E-state index is 12.8. The summed E-state index contributed by atoms with van der Waals surface area (Å²) in [6.07, 6.45) is 7.64. The molecule has 3 rings (SSSR count). The highest BCUT2D eigenvalue weighted by atomic mass is 16.6. The van der Waals surface area contributed by atoms with Gasteiger partial charge in [0.25, 0.3) is 0 Å². The van der Waals surface area contributed by atoms with Crippen LogP contribution in [0.1, 0.15) is 64.9 Å². The maximum atomic E-state index is 12.8. The zero-order valence-corrected chi connectivity index (χ0v) is 17.9. The van der Waals surface area contributed by atoms with Crippen molar-refractivity contribution in [1.82, 2.24) is 15.2 Å². The molecule has 0 saturated carbocycles. The Morgan fingerprint density at radius 1 is 1.10 bits per heavy atom. The van der Waals surface area contributed by atoms with E-state index in [0.29, 0.717) is 19.5 Å². The van der Waals surface area contributed by atoms with Gasteiger partial charge in [0.2, 0.25) is 5.91 Å². The summed E-state index contributed by atoms with van der Waals surface area (Å²) in [4.78, 5) is 33.7. The summed E-state index contributed by atoms with van der Waals surface area (Å²) in [5.74, 6) is 0.874. The first-order chi connectivity index (χ1) is 13.8. The molecule has 2 aliphatic rings. The number of ether oxygens (including phenoxy) is 1. The van der Waals surface area contributed by atoms with Crippen LogP contribution in [0.4, 0.5) is 10.6 Å². The van der Waals surface area contributed by atoms with E-state index in [2.05, 4.69) is 15.2 Å². The number of amides is 2. The molecule has 2 aliphatic heterocycles. The van der Waals surface area contributed by atoms with Gasteiger partial charge >= 0.3 is 6.09 Å². The van der Waals surface area contributed by atoms with Crippen LogP contribution in [-0.2, 0) is 16.1 Å². The molecule has 0 aliphatic carbocycles. The number of hydrogen-bond donors (Lipinski definition) is 1. The molecule has 0 aromatic carbocycles. The molecular weight excluding hydrogens is 368 g/mol. The molecule has 29 heavy (non-hydrogen) atoms. The van der Waals surface area contributed by atoms with E-state index in [-0.39, 0.29) is 5.91 Å². The minimum Gasteiger partial charge on any atom is -0.444 e. The van der Waals surface area contributed by atoms with Crippen LogP contribution >= 0.6 is 0 Å². The summed E-state index contributed by atoms with van der Waals surface area (Å²) in [5.41, 5.74) is 0.385. The lowest BCUT2D eigenvalue weighted by Crippen LogP contribution is -2.52. The lowest BCUT2D eigenvalue weighted by atomic mass is 10.0. The van der Waals surface area contributed by atoms with E-state index < -0.39 is 17.7 Å². The van der Waals surface area contributed by atoms with Crippen LogP contribution < -0.4 is 10.2 Å². The monoisotopic (exact) mass is 402 g/mol. The molecule has 1 N–H and O–H groups in total. The predicted octanol–water partition coefficient (Wildman–Crippen LogP) is 3.48. The number of aromatic nitrogens is 1. The first-order valence-electron chi connectivity index (χ1n) is 10.8. The van der Waals surface area contributed by atoms with Crippen molar-refractivity contribution in [3.05, 3.63) is 23.9 Å². The van der Waals surface area contributed by atoms with Gasteiger partial charge in [-0.2, -0.15) is 0 Å². The van der Waals surface area contributed by atoms with Crippen LogP contribution in [-0.4, -0.2) is 53.2 Å². The van der Waals surface area contributed by atoms with Crippen LogP contribution in [0.2, 0.25) is 0 Å². The number of nitrogens with zero attached hydrogens (tertiary/aromatic N) is 3. The quantitative estimate of drug-likeness (QED) is 0.835. The largest absolute Gasteiger partial charge is 0.444 e. The molecular formula is C22H34N4O3. The molecule has 0 spiro atoms. The Morgan fingerprint density at radius 3 is 2.48 bits per heavy atom. The average Bonchev–Trinajstić information content (AvgIpc) is 2.72. The van der Waals surface area contributed by atoms with Crippen molar-refractivity contribution >= 4 is 17.8 Å². The van der Waals surface area contributed by atoms with Crippen molar-refractivity contribution in [3.63, 3.8) is 0 Å². The molecule has 160 valence electrons. The highest BCUT2D eigenvalue weighted by molar-refractivity contribution is 5.85. The van der Waals surface area contributed by atoms with E-state index in [1.165, 1.54) is 19.3 Å². The standard InChI is InChI=1S/C22H34N4O3/c1-22(2,3)29-21(28)26-14-8-5-9-18(26)20(27)24-16-17-10-11-19(23-15-17)25-12-6-4-7-13-25/h10-11,15,18H,4-9,12-14,16H2,1-3H3,(H,24,27). The van der Waals surface area contributed by atoms with Crippen molar-refractivity contribution in [2.45, 2.75) is 77.5 Å². The fraction of sp³-hybridized carbons (Fsp3) is 0.682. The maximum Gasteiger partial charge on any atom is 0.410 e. The number of hydrogen-bond acceptors (Lipinski definition) is 5. The summed E-state index contributed by atoms with van der Waals surface area (Å²) in [7, 11) is 0. The number of likely N-dealkylation sites (tertiary alicyclic amines) is 1. The number of nitrogens with one attached hydrogen (secondary N) is 1. The van der Waals surface area contributed by atoms with Gasteiger partial charge in [0.05, 0.1) is 0 Å². The van der Waals surface area contributed by atoms with Crippen LogP contribution in [0.25, 0.3) is 0 Å². The molecule has 1 aromatic rings. The van der Waals surface area contributed by atoms with Crippen LogP contribution in [0.5, 0.6) is 0 Å². The third-order valence-corrected chi connectivity index (χ3v) is 5.39. The Kier molecular flexibility index (Phi) is 6.98. The molecule has 7 heteroatoms. The second-order valence-corrected chi connectivity index (χ2v) is 8.98. The lowest BCUT2D eigenvalue weighted by Gasteiger charge is -2.35. The second kappa shape index (κ2) is 9.46. The van der Waals surface area contributed by atoms with Crippen molar-refractivity contribution in [2.75, 3.05) is 24.5 Å². The summed E-state index contributed by atoms with van der Waals surface area (Å²) >= 11 is 0. The summed E-state index contributed by atoms with van der Waals surface area (Å²) in [6.45, 7) is 8.60. The lowest BCUT2D eigenvalue weighted by molar-refractivity contribution is -0.127. The fourth-order valence-electron chi connectivity index (χ4n) is 3.88. The minimum absolute atomic E-state index is 0.129. The molecule has 2 fully saturated rings. The van der Waals surface area contributed by atoms with E-state index in [4.69, 9.17) is 4.74 Å². The van der Waals surface area contributed by atoms with Gasteiger partial charge in [-0.1, -0.05) is 6.07 Å². The molecule has 0 radical (unpaired) electrons. The van der Waals surface area contributed by atoms with E-state index in [0.717, 1.165) is 37.3 Å². The van der Waals surface area contributed by atoms with Gasteiger partial charge in [-0.05, 0) is 70.9 Å². The summed E-state index contributed by atoms with van der Waals surface area (Å²) in [5, 5.41) is 2.97. The fourth-order valence-corrected chi connectivity index (χ4v) is 3.88. The molecule has 2 amide bonds. The number of pyridine rings is 1. The number of rotatable bonds is 4. The third kappa shape index (κ3) is 6.08. The number of carbonyl (C=O) groups is 2. The van der Waals surface area contributed by atoms with Gasteiger partial charge in [-0.3, -0.25) is 9.69 Å². The summed E-state index contributed by atoms with van der Waals surface area (Å²) in [6, 6.07) is 3.57. The Balaban J connectivity index is 1.55. The second-order valence-electron chi connectivity index (χ2n) is 8.98. The molecule has 3 heterocycles. The predicted molar refractivity (Wildman–Crippen MR) is 113 cm³/mol. The van der Waals surface area contributed by atoms with Crippen LogP contribution in [0, 0.1) is 0 Å². The smallest absolute Gasteiger partial charge is 0.410 e. The molecule has 1 aromatic heterocycles. The third-order valence-electron chi connectivity index (χ3n) is 5.39. The number of anilines is 1. The van der Waals surface area contributed by atoms with Gasteiger partial charge < -0.3 is 15.0 Å². The van der Waals surface area contributed by atoms with Crippen LogP contribution in [0.3, 0.4) is 0 Å². The highest BCUT2D eigenvalue weighted by Crippen LogP contribution is 2.21. The van der Waals surface area contributed by atoms with Gasteiger partial charge in [-0.25, -0.2) is 9.78 Å². The van der Waals surface area contributed by atoms with Crippen molar-refractivity contribution in [3.8, 4) is 0 Å². The van der Waals surface area contributed by atoms with Gasteiger partial charge in [-0.15, -0.1) is 0 Å². The highest BCUT2D eigenvalue weighted by Gasteiger charge is 2.34. The minimum atomic E-state index is -0.572. The molecule has 7 nitrogen and oxygen atoms in total. The topological polar surface area (TPSA) is 74.8 Å².